The summed E-state index contributed by atoms with van der Waals surface area (Å²) in [6, 6.07) is 0.417. The number of hydrogen-bond donors (Lipinski definition) is 0. The predicted octanol–water partition coefficient (Wildman–Crippen LogP) is 1.60. The molecule has 0 aromatic carbocycles. The molecular formula is C10H14BrN3O. The Hall–Kier alpha value is -0.680. The van der Waals surface area contributed by atoms with Gasteiger partial charge in [-0.25, -0.2) is 9.97 Å². The number of rotatable bonds is 3. The van der Waals surface area contributed by atoms with Crippen LogP contribution < -0.4 is 4.90 Å². The van der Waals surface area contributed by atoms with Crippen LogP contribution in [-0.2, 0) is 10.1 Å². The number of halogens is 1. The van der Waals surface area contributed by atoms with E-state index in [0.717, 1.165) is 36.5 Å². The lowest BCUT2D eigenvalue weighted by atomic mass is 10.2. The molecule has 1 aliphatic heterocycles. The van der Waals surface area contributed by atoms with Gasteiger partial charge in [0.15, 0.2) is 0 Å². The van der Waals surface area contributed by atoms with Crippen LogP contribution in [0.25, 0.3) is 0 Å². The molecular weight excluding hydrogens is 258 g/mol. The first-order chi connectivity index (χ1) is 7.31. The fourth-order valence-corrected chi connectivity index (χ4v) is 1.88. The van der Waals surface area contributed by atoms with Gasteiger partial charge in [0.1, 0.15) is 0 Å². The van der Waals surface area contributed by atoms with Crippen molar-refractivity contribution in [3.63, 3.8) is 0 Å². The topological polar surface area (TPSA) is 38.2 Å². The number of hydrogen-bond acceptors (Lipinski definition) is 4. The number of nitrogens with zero attached hydrogens (tertiary/aromatic N) is 3. The Balaban J connectivity index is 2.07. The average Bonchev–Trinajstić information content (AvgIpc) is 2.82. The molecule has 2 heterocycles. The van der Waals surface area contributed by atoms with Gasteiger partial charge in [0.2, 0.25) is 5.95 Å². The van der Waals surface area contributed by atoms with E-state index in [-0.39, 0.29) is 0 Å². The summed E-state index contributed by atoms with van der Waals surface area (Å²) in [5, 5.41) is 0.795. The fourth-order valence-electron chi connectivity index (χ4n) is 1.59. The molecule has 1 unspecified atom stereocenters. The quantitative estimate of drug-likeness (QED) is 0.783. The first-order valence-corrected chi connectivity index (χ1v) is 6.11. The number of ether oxygens (including phenoxy) is 1. The van der Waals surface area contributed by atoms with Gasteiger partial charge in [0.25, 0.3) is 0 Å². The molecule has 1 atom stereocenters. The third-order valence-corrected chi connectivity index (χ3v) is 3.26. The summed E-state index contributed by atoms with van der Waals surface area (Å²) in [7, 11) is 2.02. The van der Waals surface area contributed by atoms with E-state index in [9.17, 15) is 0 Å². The lowest BCUT2D eigenvalue weighted by Gasteiger charge is -2.22. The zero-order valence-electron chi connectivity index (χ0n) is 8.69. The molecule has 2 rings (SSSR count). The zero-order valence-corrected chi connectivity index (χ0v) is 10.3. The van der Waals surface area contributed by atoms with Gasteiger partial charge in [-0.2, -0.15) is 0 Å². The van der Waals surface area contributed by atoms with Crippen molar-refractivity contribution >= 4 is 21.9 Å². The van der Waals surface area contributed by atoms with Crippen LogP contribution in [0.3, 0.4) is 0 Å². The van der Waals surface area contributed by atoms with Crippen molar-refractivity contribution < 1.29 is 4.74 Å². The average molecular weight is 272 g/mol. The smallest absolute Gasteiger partial charge is 0.225 e. The number of anilines is 1. The van der Waals surface area contributed by atoms with Gasteiger partial charge < -0.3 is 9.64 Å². The summed E-state index contributed by atoms with van der Waals surface area (Å²) >= 11 is 3.37. The van der Waals surface area contributed by atoms with Crippen LogP contribution in [0.1, 0.15) is 12.0 Å². The van der Waals surface area contributed by atoms with Crippen LogP contribution in [-0.4, -0.2) is 36.3 Å². The third kappa shape index (κ3) is 2.46. The second kappa shape index (κ2) is 4.90. The highest BCUT2D eigenvalue weighted by molar-refractivity contribution is 9.08. The van der Waals surface area contributed by atoms with Gasteiger partial charge in [0, 0.05) is 31.4 Å². The van der Waals surface area contributed by atoms with Crippen LogP contribution in [0, 0.1) is 0 Å². The molecule has 0 bridgehead atoms. The van der Waals surface area contributed by atoms with Crippen molar-refractivity contribution in [3.8, 4) is 0 Å². The van der Waals surface area contributed by atoms with E-state index in [1.807, 2.05) is 19.4 Å². The molecule has 0 saturated carbocycles. The largest absolute Gasteiger partial charge is 0.379 e. The molecule has 0 amide bonds. The maximum absolute atomic E-state index is 5.34. The van der Waals surface area contributed by atoms with Gasteiger partial charge in [-0.3, -0.25) is 0 Å². The molecule has 0 N–H and O–H groups in total. The molecule has 0 spiro atoms. The second-order valence-electron chi connectivity index (χ2n) is 3.65. The number of likely N-dealkylation sites (N-methyl/N-ethyl adjacent to an activating group) is 1. The Bertz CT molecular complexity index is 311. The van der Waals surface area contributed by atoms with E-state index in [0.29, 0.717) is 6.04 Å². The van der Waals surface area contributed by atoms with Crippen LogP contribution in [0.2, 0.25) is 0 Å². The Kier molecular flexibility index (Phi) is 3.53. The summed E-state index contributed by atoms with van der Waals surface area (Å²) in [6.07, 6.45) is 4.76. The second-order valence-corrected chi connectivity index (χ2v) is 4.21. The highest BCUT2D eigenvalue weighted by atomic mass is 79.9. The Morgan fingerprint density at radius 3 is 2.80 bits per heavy atom. The summed E-state index contributed by atoms with van der Waals surface area (Å²) in [4.78, 5) is 10.7. The van der Waals surface area contributed by atoms with Gasteiger partial charge in [-0.15, -0.1) is 0 Å². The summed E-state index contributed by atoms with van der Waals surface area (Å²) in [5.41, 5.74) is 1.09. The van der Waals surface area contributed by atoms with Crippen LogP contribution in [0.4, 0.5) is 5.95 Å². The molecule has 82 valence electrons. The van der Waals surface area contributed by atoms with Crippen molar-refractivity contribution in [2.24, 2.45) is 0 Å². The van der Waals surface area contributed by atoms with Crippen LogP contribution in [0.5, 0.6) is 0 Å². The van der Waals surface area contributed by atoms with E-state index in [4.69, 9.17) is 4.74 Å². The molecule has 1 aromatic heterocycles. The molecule has 1 aliphatic rings. The molecule has 1 aromatic rings. The molecule has 4 nitrogen and oxygen atoms in total. The predicted molar refractivity (Wildman–Crippen MR) is 62.3 cm³/mol. The lowest BCUT2D eigenvalue weighted by Crippen LogP contribution is -2.33. The minimum Gasteiger partial charge on any atom is -0.379 e. The monoisotopic (exact) mass is 271 g/mol. The molecule has 1 fully saturated rings. The Labute approximate surface area is 97.8 Å². The van der Waals surface area contributed by atoms with E-state index in [1.54, 1.807) is 0 Å². The minimum atomic E-state index is 0.417. The van der Waals surface area contributed by atoms with Gasteiger partial charge in [0.05, 0.1) is 12.6 Å². The first-order valence-electron chi connectivity index (χ1n) is 4.98. The molecule has 1 saturated heterocycles. The summed E-state index contributed by atoms with van der Waals surface area (Å²) in [6.45, 7) is 1.62. The van der Waals surface area contributed by atoms with E-state index in [1.165, 1.54) is 0 Å². The van der Waals surface area contributed by atoms with E-state index in [2.05, 4.69) is 30.8 Å². The van der Waals surface area contributed by atoms with Crippen LogP contribution in [0.15, 0.2) is 12.4 Å². The number of alkyl halides is 1. The Morgan fingerprint density at radius 1 is 1.53 bits per heavy atom. The molecule has 0 radical (unpaired) electrons. The number of aromatic nitrogens is 2. The highest BCUT2D eigenvalue weighted by Gasteiger charge is 2.21. The molecule has 5 heteroatoms. The molecule has 0 aliphatic carbocycles. The van der Waals surface area contributed by atoms with Crippen molar-refractivity contribution in [2.45, 2.75) is 17.8 Å². The normalized spacial score (nSPS) is 20.5. The van der Waals surface area contributed by atoms with E-state index < -0.39 is 0 Å². The summed E-state index contributed by atoms with van der Waals surface area (Å²) < 4.78 is 5.34. The fraction of sp³-hybridized carbons (Fsp3) is 0.600. The van der Waals surface area contributed by atoms with Gasteiger partial charge >= 0.3 is 0 Å². The molecule has 15 heavy (non-hydrogen) atoms. The van der Waals surface area contributed by atoms with Crippen molar-refractivity contribution in [2.75, 3.05) is 25.2 Å². The zero-order chi connectivity index (χ0) is 10.7. The SMILES string of the molecule is CN(c1ncc(CBr)cn1)C1CCOC1. The maximum Gasteiger partial charge on any atom is 0.225 e. The third-order valence-electron chi connectivity index (χ3n) is 2.61. The van der Waals surface area contributed by atoms with Gasteiger partial charge in [-0.1, -0.05) is 15.9 Å². The van der Waals surface area contributed by atoms with Crippen LogP contribution >= 0.6 is 15.9 Å². The summed E-state index contributed by atoms with van der Waals surface area (Å²) in [5.74, 6) is 0.773. The lowest BCUT2D eigenvalue weighted by molar-refractivity contribution is 0.193. The van der Waals surface area contributed by atoms with Crippen molar-refractivity contribution in [1.82, 2.24) is 9.97 Å². The Morgan fingerprint density at radius 2 is 2.27 bits per heavy atom. The van der Waals surface area contributed by atoms with E-state index >= 15 is 0 Å². The highest BCUT2D eigenvalue weighted by Crippen LogP contribution is 2.16. The first kappa shape index (κ1) is 10.8. The van der Waals surface area contributed by atoms with Gasteiger partial charge in [-0.05, 0) is 12.0 Å². The van der Waals surface area contributed by atoms with Crippen molar-refractivity contribution in [1.29, 1.82) is 0 Å². The standard InChI is InChI=1S/C10H14BrN3O/c1-14(9-2-3-15-7-9)10-12-5-8(4-11)6-13-10/h5-6,9H,2-4,7H2,1H3. The van der Waals surface area contributed by atoms with Crippen molar-refractivity contribution in [3.05, 3.63) is 18.0 Å². The maximum atomic E-state index is 5.34. The minimum absolute atomic E-state index is 0.417.